The van der Waals surface area contributed by atoms with Gasteiger partial charge in [-0.15, -0.1) is 0 Å². The number of rotatable bonds is 6. The molecular weight excluding hydrogens is 546 g/mol. The standard InChI is InChI=1S/C31H41NO10/c1-29(2,3)25(34)38-17-19-22(40-26(35)30(4,5)6)23(41-27(36)31(7,8)9)21-24(39-19)42-28(37)32(21)20(33)16-15-18-13-11-10-12-14-18/h10-16,19,21-24H,17H2,1-9H3/b16-15+/t19-,21-,22-,23-,24-/m1/s1. The summed E-state index contributed by atoms with van der Waals surface area (Å²) in [5.74, 6) is -2.65. The molecule has 2 aliphatic rings. The Bertz CT molecular complexity index is 1220. The number of carbonyl (C=O) groups excluding carboxylic acids is 5. The molecule has 5 atom stereocenters. The number of ether oxygens (including phenoxy) is 5. The molecule has 0 saturated carbocycles. The van der Waals surface area contributed by atoms with Gasteiger partial charge in [0.1, 0.15) is 18.8 Å². The number of hydrogen-bond donors (Lipinski definition) is 0. The maximum absolute atomic E-state index is 13.4. The number of fused-ring (bicyclic) bond motifs is 1. The van der Waals surface area contributed by atoms with E-state index in [0.29, 0.717) is 5.56 Å². The third-order valence-electron chi connectivity index (χ3n) is 6.48. The lowest BCUT2D eigenvalue weighted by molar-refractivity contribution is -0.259. The fourth-order valence-corrected chi connectivity index (χ4v) is 3.97. The van der Waals surface area contributed by atoms with E-state index in [-0.39, 0.29) is 0 Å². The van der Waals surface area contributed by atoms with Crippen molar-refractivity contribution >= 4 is 36.0 Å². The Morgan fingerprint density at radius 3 is 1.86 bits per heavy atom. The van der Waals surface area contributed by atoms with Crippen molar-refractivity contribution in [2.24, 2.45) is 16.2 Å². The first-order valence-electron chi connectivity index (χ1n) is 13.8. The highest BCUT2D eigenvalue weighted by Gasteiger charge is 2.61. The zero-order valence-electron chi connectivity index (χ0n) is 25.7. The van der Waals surface area contributed by atoms with Gasteiger partial charge in [-0.2, -0.15) is 0 Å². The number of imide groups is 1. The van der Waals surface area contributed by atoms with Gasteiger partial charge in [0, 0.05) is 6.08 Å². The highest BCUT2D eigenvalue weighted by molar-refractivity contribution is 6.02. The number of amides is 2. The van der Waals surface area contributed by atoms with Crippen molar-refractivity contribution in [3.05, 3.63) is 42.0 Å². The van der Waals surface area contributed by atoms with Gasteiger partial charge < -0.3 is 23.7 Å². The van der Waals surface area contributed by atoms with Crippen LogP contribution >= 0.6 is 0 Å². The van der Waals surface area contributed by atoms with E-state index in [4.69, 9.17) is 23.7 Å². The van der Waals surface area contributed by atoms with Crippen LogP contribution < -0.4 is 0 Å². The molecule has 0 spiro atoms. The Hall–Kier alpha value is -3.73. The van der Waals surface area contributed by atoms with Gasteiger partial charge >= 0.3 is 24.0 Å². The Balaban J connectivity index is 2.04. The maximum atomic E-state index is 13.4. The quantitative estimate of drug-likeness (QED) is 0.270. The first-order valence-corrected chi connectivity index (χ1v) is 13.8. The molecule has 3 rings (SSSR count). The van der Waals surface area contributed by atoms with Gasteiger partial charge in [0.2, 0.25) is 6.29 Å². The van der Waals surface area contributed by atoms with Crippen molar-refractivity contribution in [2.75, 3.05) is 6.61 Å². The maximum Gasteiger partial charge on any atom is 0.419 e. The first-order chi connectivity index (χ1) is 19.3. The minimum atomic E-state index is -1.40. The molecule has 0 N–H and O–H groups in total. The van der Waals surface area contributed by atoms with Gasteiger partial charge in [0.15, 0.2) is 12.2 Å². The van der Waals surface area contributed by atoms with Gasteiger partial charge in [0.05, 0.1) is 16.2 Å². The molecule has 0 unspecified atom stereocenters. The lowest BCUT2D eigenvalue weighted by atomic mass is 9.92. The molecule has 1 aromatic rings. The molecule has 2 amide bonds. The van der Waals surface area contributed by atoms with Crippen molar-refractivity contribution in [1.29, 1.82) is 0 Å². The summed E-state index contributed by atoms with van der Waals surface area (Å²) < 4.78 is 28.7. The largest absolute Gasteiger partial charge is 0.462 e. The van der Waals surface area contributed by atoms with E-state index in [9.17, 15) is 24.0 Å². The molecule has 0 aromatic heterocycles. The third kappa shape index (κ3) is 7.76. The summed E-state index contributed by atoms with van der Waals surface area (Å²) in [4.78, 5) is 66.1. The van der Waals surface area contributed by atoms with E-state index < -0.39 is 83.4 Å². The van der Waals surface area contributed by atoms with Crippen molar-refractivity contribution in [1.82, 2.24) is 4.90 Å². The molecular formula is C31H41NO10. The summed E-state index contributed by atoms with van der Waals surface area (Å²) in [6.45, 7) is 14.4. The molecule has 2 fully saturated rings. The normalized spacial score (nSPS) is 24.5. The SMILES string of the molecule is CC(C)(C)C(=O)OC[C@H]1O[C@@H]2OC(=O)N(C(=O)/C=C/c3ccccc3)[C@@H]2[C@@H](OC(=O)C(C)(C)C)[C@@H]1OC(=O)C(C)(C)C. The van der Waals surface area contributed by atoms with E-state index in [0.717, 1.165) is 4.90 Å². The second kappa shape index (κ2) is 12.2. The van der Waals surface area contributed by atoms with Crippen LogP contribution in [0, 0.1) is 16.2 Å². The highest BCUT2D eigenvalue weighted by Crippen LogP contribution is 2.37. The van der Waals surface area contributed by atoms with Crippen LogP contribution in [0.4, 0.5) is 4.79 Å². The van der Waals surface area contributed by atoms with E-state index in [1.165, 1.54) is 12.2 Å². The predicted molar refractivity (Wildman–Crippen MR) is 150 cm³/mol. The number of carbonyl (C=O) groups is 5. The number of esters is 3. The van der Waals surface area contributed by atoms with Gasteiger partial charge in [-0.05, 0) is 74.0 Å². The Labute approximate surface area is 246 Å². The van der Waals surface area contributed by atoms with E-state index in [1.807, 2.05) is 6.07 Å². The topological polar surface area (TPSA) is 135 Å². The number of hydrogen-bond acceptors (Lipinski definition) is 10. The Kier molecular flexibility index (Phi) is 9.56. The molecule has 230 valence electrons. The molecule has 2 heterocycles. The van der Waals surface area contributed by atoms with Crippen molar-refractivity contribution in [3.63, 3.8) is 0 Å². The van der Waals surface area contributed by atoms with E-state index >= 15 is 0 Å². The fourth-order valence-electron chi connectivity index (χ4n) is 3.97. The lowest BCUT2D eigenvalue weighted by Crippen LogP contribution is -2.64. The van der Waals surface area contributed by atoms with Crippen LogP contribution in [0.3, 0.4) is 0 Å². The molecule has 0 radical (unpaired) electrons. The first kappa shape index (κ1) is 32.8. The molecule has 2 saturated heterocycles. The molecule has 0 aliphatic carbocycles. The van der Waals surface area contributed by atoms with Crippen LogP contribution in [0.15, 0.2) is 36.4 Å². The lowest BCUT2D eigenvalue weighted by Gasteiger charge is -2.43. The summed E-state index contributed by atoms with van der Waals surface area (Å²) in [6.07, 6.45) is -3.67. The zero-order valence-corrected chi connectivity index (χ0v) is 25.7. The van der Waals surface area contributed by atoms with Gasteiger partial charge in [-0.3, -0.25) is 19.2 Å². The molecule has 42 heavy (non-hydrogen) atoms. The summed E-state index contributed by atoms with van der Waals surface area (Å²) in [5.41, 5.74) is -2.10. The Morgan fingerprint density at radius 2 is 1.33 bits per heavy atom. The minimum Gasteiger partial charge on any atom is -0.462 e. The van der Waals surface area contributed by atoms with Crippen LogP contribution in [-0.4, -0.2) is 72.1 Å². The average molecular weight is 588 g/mol. The second-order valence-electron chi connectivity index (χ2n) is 13.5. The van der Waals surface area contributed by atoms with Crippen LogP contribution in [-0.2, 0) is 42.9 Å². The van der Waals surface area contributed by atoms with E-state index in [1.54, 1.807) is 86.6 Å². The van der Waals surface area contributed by atoms with Crippen molar-refractivity contribution < 1.29 is 47.7 Å². The minimum absolute atomic E-state index is 0.398. The van der Waals surface area contributed by atoms with Crippen molar-refractivity contribution in [3.8, 4) is 0 Å². The van der Waals surface area contributed by atoms with Crippen LogP contribution in [0.2, 0.25) is 0 Å². The predicted octanol–water partition coefficient (Wildman–Crippen LogP) is 4.28. The zero-order chi connectivity index (χ0) is 31.6. The molecule has 0 bridgehead atoms. The summed E-state index contributed by atoms with van der Waals surface area (Å²) in [7, 11) is 0. The van der Waals surface area contributed by atoms with E-state index in [2.05, 4.69) is 0 Å². The summed E-state index contributed by atoms with van der Waals surface area (Å²) in [6, 6.07) is 7.66. The van der Waals surface area contributed by atoms with Gasteiger partial charge in [0.25, 0.3) is 5.91 Å². The summed E-state index contributed by atoms with van der Waals surface area (Å²) >= 11 is 0. The number of benzene rings is 1. The highest BCUT2D eigenvalue weighted by atomic mass is 16.7. The van der Waals surface area contributed by atoms with Crippen LogP contribution in [0.5, 0.6) is 0 Å². The molecule has 11 heteroatoms. The molecule has 11 nitrogen and oxygen atoms in total. The van der Waals surface area contributed by atoms with Crippen molar-refractivity contribution in [2.45, 2.75) is 93.0 Å². The third-order valence-corrected chi connectivity index (χ3v) is 6.48. The van der Waals surface area contributed by atoms with Gasteiger partial charge in [-0.1, -0.05) is 30.3 Å². The van der Waals surface area contributed by atoms with Crippen LogP contribution in [0.25, 0.3) is 6.08 Å². The molecule has 2 aliphatic heterocycles. The smallest absolute Gasteiger partial charge is 0.419 e. The second-order valence-corrected chi connectivity index (χ2v) is 13.5. The van der Waals surface area contributed by atoms with Gasteiger partial charge in [-0.25, -0.2) is 9.69 Å². The monoisotopic (exact) mass is 587 g/mol. The summed E-state index contributed by atoms with van der Waals surface area (Å²) in [5, 5.41) is 0. The van der Waals surface area contributed by atoms with Crippen LogP contribution in [0.1, 0.15) is 67.9 Å². The fraction of sp³-hybridized carbons (Fsp3) is 0.581. The Morgan fingerprint density at radius 1 is 0.810 bits per heavy atom. The number of nitrogens with zero attached hydrogens (tertiary/aromatic N) is 1. The average Bonchev–Trinajstić information content (AvgIpc) is 3.21. The molecule has 1 aromatic carbocycles.